The van der Waals surface area contributed by atoms with Gasteiger partial charge in [0.15, 0.2) is 5.13 Å². The monoisotopic (exact) mass is 319 g/mol. The van der Waals surface area contributed by atoms with Gasteiger partial charge in [0, 0.05) is 20.1 Å². The number of nitrogens with zero attached hydrogens (tertiary/aromatic N) is 3. The first kappa shape index (κ1) is 15.2. The average Bonchev–Trinajstić information content (AvgIpc) is 2.96. The molecule has 1 aliphatic rings. The highest BCUT2D eigenvalue weighted by Gasteiger charge is 2.29. The molecule has 1 aliphatic heterocycles. The number of hydrogen-bond donors (Lipinski definition) is 0. The van der Waals surface area contributed by atoms with Crippen LogP contribution < -0.4 is 4.90 Å². The third-order valence-electron chi connectivity index (χ3n) is 4.16. The van der Waals surface area contributed by atoms with E-state index in [1.165, 1.54) is 22.4 Å². The van der Waals surface area contributed by atoms with Crippen molar-refractivity contribution in [1.29, 1.82) is 0 Å². The normalized spacial score (nSPS) is 18.7. The van der Waals surface area contributed by atoms with Crippen molar-refractivity contribution in [2.45, 2.75) is 19.8 Å². The zero-order chi connectivity index (χ0) is 15.7. The number of hydrogen-bond acceptors (Lipinski definition) is 5. The Balaban J connectivity index is 1.79. The largest absolute Gasteiger partial charge is 0.347 e. The number of amides is 1. The summed E-state index contributed by atoms with van der Waals surface area (Å²) in [6, 6.07) is 6.32. The molecule has 1 aromatic heterocycles. The van der Waals surface area contributed by atoms with E-state index in [0.717, 1.165) is 30.0 Å². The molecule has 118 valence electrons. The van der Waals surface area contributed by atoms with Crippen molar-refractivity contribution >= 4 is 32.6 Å². The van der Waals surface area contributed by atoms with Crippen LogP contribution in [0.4, 0.5) is 5.13 Å². The first-order chi connectivity index (χ1) is 10.6. The second-order valence-electron chi connectivity index (χ2n) is 5.77. The fourth-order valence-electron chi connectivity index (χ4n) is 2.85. The number of anilines is 1. The number of carbonyl (C=O) groups excluding carboxylic acids is 1. The van der Waals surface area contributed by atoms with E-state index in [0.29, 0.717) is 6.54 Å². The van der Waals surface area contributed by atoms with Crippen LogP contribution in [0.5, 0.6) is 0 Å². The minimum Gasteiger partial charge on any atom is -0.347 e. The quantitative estimate of drug-likeness (QED) is 0.816. The summed E-state index contributed by atoms with van der Waals surface area (Å²) < 4.78 is 1.21. The maximum absolute atomic E-state index is 12.3. The van der Waals surface area contributed by atoms with Crippen molar-refractivity contribution < 1.29 is 9.63 Å². The maximum Gasteiger partial charge on any atom is 0.250 e. The van der Waals surface area contributed by atoms with Crippen LogP contribution in [0.25, 0.3) is 10.2 Å². The van der Waals surface area contributed by atoms with E-state index in [2.05, 4.69) is 30.0 Å². The van der Waals surface area contributed by atoms with Crippen molar-refractivity contribution in [1.82, 2.24) is 10.0 Å². The number of aromatic nitrogens is 1. The predicted octanol–water partition coefficient (Wildman–Crippen LogP) is 2.84. The standard InChI is InChI=1S/C16H21N3O2S/c1-11-6-7-13-14(9-11)22-16(17-13)19-8-4-5-12(10-19)15(20)18(2)21-3/h6-7,9,12H,4-5,8,10H2,1-3H3. The Kier molecular flexibility index (Phi) is 4.31. The Morgan fingerprint density at radius 3 is 3.09 bits per heavy atom. The van der Waals surface area contributed by atoms with Gasteiger partial charge < -0.3 is 4.90 Å². The number of rotatable bonds is 3. The Morgan fingerprint density at radius 2 is 2.32 bits per heavy atom. The van der Waals surface area contributed by atoms with Gasteiger partial charge in [0.05, 0.1) is 23.2 Å². The highest BCUT2D eigenvalue weighted by molar-refractivity contribution is 7.22. The smallest absolute Gasteiger partial charge is 0.250 e. The van der Waals surface area contributed by atoms with E-state index in [4.69, 9.17) is 9.82 Å². The minimum atomic E-state index is -0.0209. The Hall–Kier alpha value is -1.66. The molecule has 0 bridgehead atoms. The van der Waals surface area contributed by atoms with Gasteiger partial charge in [0.25, 0.3) is 5.91 Å². The molecule has 0 N–H and O–H groups in total. The van der Waals surface area contributed by atoms with Gasteiger partial charge in [0.2, 0.25) is 0 Å². The molecule has 2 heterocycles. The van der Waals surface area contributed by atoms with Gasteiger partial charge in [-0.3, -0.25) is 9.63 Å². The molecule has 1 saturated heterocycles. The maximum atomic E-state index is 12.3. The topological polar surface area (TPSA) is 45.7 Å². The van der Waals surface area contributed by atoms with Crippen LogP contribution in [-0.2, 0) is 9.63 Å². The summed E-state index contributed by atoms with van der Waals surface area (Å²) in [4.78, 5) is 24.3. The number of carbonyl (C=O) groups is 1. The molecular formula is C16H21N3O2S. The second-order valence-corrected chi connectivity index (χ2v) is 6.78. The van der Waals surface area contributed by atoms with Crippen LogP contribution in [0, 0.1) is 12.8 Å². The highest BCUT2D eigenvalue weighted by atomic mass is 32.1. The number of thiazole rings is 1. The summed E-state index contributed by atoms with van der Waals surface area (Å²) in [5, 5.41) is 2.34. The fourth-order valence-corrected chi connectivity index (χ4v) is 3.95. The molecule has 1 amide bonds. The van der Waals surface area contributed by atoms with Crippen molar-refractivity contribution in [2.75, 3.05) is 32.1 Å². The Bertz CT molecular complexity index is 685. The van der Waals surface area contributed by atoms with E-state index in [1.54, 1.807) is 18.4 Å². The Morgan fingerprint density at radius 1 is 1.50 bits per heavy atom. The zero-order valence-electron chi connectivity index (χ0n) is 13.2. The van der Waals surface area contributed by atoms with E-state index >= 15 is 0 Å². The molecule has 0 spiro atoms. The van der Waals surface area contributed by atoms with Crippen LogP contribution in [0.3, 0.4) is 0 Å². The molecule has 0 aliphatic carbocycles. The SMILES string of the molecule is CON(C)C(=O)C1CCCN(c2nc3ccc(C)cc3s2)C1. The molecule has 6 heteroatoms. The van der Waals surface area contributed by atoms with Gasteiger partial charge in [0.1, 0.15) is 0 Å². The molecule has 1 aromatic carbocycles. The first-order valence-corrected chi connectivity index (χ1v) is 8.34. The number of piperidine rings is 1. The summed E-state index contributed by atoms with van der Waals surface area (Å²) in [7, 11) is 3.19. The van der Waals surface area contributed by atoms with Gasteiger partial charge in [-0.2, -0.15) is 0 Å². The van der Waals surface area contributed by atoms with E-state index < -0.39 is 0 Å². The summed E-state index contributed by atoms with van der Waals surface area (Å²) >= 11 is 1.70. The van der Waals surface area contributed by atoms with Crippen LogP contribution in [-0.4, -0.2) is 43.2 Å². The van der Waals surface area contributed by atoms with Crippen molar-refractivity contribution in [3.05, 3.63) is 23.8 Å². The van der Waals surface area contributed by atoms with Gasteiger partial charge >= 0.3 is 0 Å². The molecule has 3 rings (SSSR count). The number of hydroxylamine groups is 2. The molecule has 2 aromatic rings. The summed E-state index contributed by atoms with van der Waals surface area (Å²) in [5.74, 6) is 0.0246. The third kappa shape index (κ3) is 2.94. The second kappa shape index (κ2) is 6.22. The van der Waals surface area contributed by atoms with Crippen LogP contribution in [0.15, 0.2) is 18.2 Å². The molecule has 0 saturated carbocycles. The lowest BCUT2D eigenvalue weighted by molar-refractivity contribution is -0.173. The summed E-state index contributed by atoms with van der Waals surface area (Å²) in [6.07, 6.45) is 1.91. The van der Waals surface area contributed by atoms with Crippen molar-refractivity contribution in [3.63, 3.8) is 0 Å². The van der Waals surface area contributed by atoms with Gasteiger partial charge in [-0.25, -0.2) is 10.0 Å². The van der Waals surface area contributed by atoms with Crippen molar-refractivity contribution in [3.8, 4) is 0 Å². The molecule has 1 atom stereocenters. The van der Waals surface area contributed by atoms with Crippen molar-refractivity contribution in [2.24, 2.45) is 5.92 Å². The van der Waals surface area contributed by atoms with Gasteiger partial charge in [-0.05, 0) is 37.5 Å². The van der Waals surface area contributed by atoms with E-state index in [1.807, 2.05) is 0 Å². The average molecular weight is 319 g/mol. The van der Waals surface area contributed by atoms with Gasteiger partial charge in [-0.1, -0.05) is 17.4 Å². The molecule has 1 fully saturated rings. The lowest BCUT2D eigenvalue weighted by Gasteiger charge is -2.33. The number of fused-ring (bicyclic) bond motifs is 1. The number of aryl methyl sites for hydroxylation is 1. The predicted molar refractivity (Wildman–Crippen MR) is 89.1 cm³/mol. The first-order valence-electron chi connectivity index (χ1n) is 7.52. The Labute approximate surface area is 134 Å². The molecular weight excluding hydrogens is 298 g/mol. The number of benzene rings is 1. The lowest BCUT2D eigenvalue weighted by atomic mass is 9.97. The summed E-state index contributed by atoms with van der Waals surface area (Å²) in [5.41, 5.74) is 2.28. The van der Waals surface area contributed by atoms with Crippen LogP contribution >= 0.6 is 11.3 Å². The van der Waals surface area contributed by atoms with E-state index in [9.17, 15) is 4.79 Å². The van der Waals surface area contributed by atoms with Crippen LogP contribution in [0.1, 0.15) is 18.4 Å². The van der Waals surface area contributed by atoms with Crippen LogP contribution in [0.2, 0.25) is 0 Å². The molecule has 0 radical (unpaired) electrons. The third-order valence-corrected chi connectivity index (χ3v) is 5.24. The van der Waals surface area contributed by atoms with E-state index in [-0.39, 0.29) is 11.8 Å². The fraction of sp³-hybridized carbons (Fsp3) is 0.500. The minimum absolute atomic E-state index is 0.0209. The molecule has 1 unspecified atom stereocenters. The zero-order valence-corrected chi connectivity index (χ0v) is 14.0. The molecule has 5 nitrogen and oxygen atoms in total. The lowest BCUT2D eigenvalue weighted by Crippen LogP contribution is -2.43. The highest BCUT2D eigenvalue weighted by Crippen LogP contribution is 2.32. The summed E-state index contributed by atoms with van der Waals surface area (Å²) in [6.45, 7) is 3.76. The molecule has 22 heavy (non-hydrogen) atoms. The van der Waals surface area contributed by atoms with Gasteiger partial charge in [-0.15, -0.1) is 0 Å².